The molecule has 1 saturated heterocycles. The summed E-state index contributed by atoms with van der Waals surface area (Å²) in [4.78, 5) is 8.35. The van der Waals surface area contributed by atoms with Crippen molar-refractivity contribution in [3.63, 3.8) is 0 Å². The average Bonchev–Trinajstić information content (AvgIpc) is 2.77. The Bertz CT molecular complexity index is 714. The number of rotatable bonds is 11. The number of oxime groups is 1. The maximum atomic E-state index is 5.75. The van der Waals surface area contributed by atoms with Crippen molar-refractivity contribution < 1.29 is 4.84 Å². The smallest absolute Gasteiger partial charge is 0.118 e. The Morgan fingerprint density at radius 2 is 1.72 bits per heavy atom. The SMILES string of the molecule is CC1CCCCN1CCCON=C(CCCCc1ccccc1)c1ccccc1. The van der Waals surface area contributed by atoms with Crippen LogP contribution in [0.4, 0.5) is 0 Å². The Morgan fingerprint density at radius 1 is 0.966 bits per heavy atom. The summed E-state index contributed by atoms with van der Waals surface area (Å²) >= 11 is 0. The van der Waals surface area contributed by atoms with Crippen molar-refractivity contribution in [2.75, 3.05) is 19.7 Å². The molecule has 0 amide bonds. The van der Waals surface area contributed by atoms with Crippen molar-refractivity contribution in [1.82, 2.24) is 4.90 Å². The first-order valence-corrected chi connectivity index (χ1v) is 11.3. The van der Waals surface area contributed by atoms with Gasteiger partial charge in [-0.2, -0.15) is 0 Å². The molecule has 0 N–H and O–H groups in total. The number of hydrogen-bond donors (Lipinski definition) is 0. The molecule has 3 nitrogen and oxygen atoms in total. The van der Waals surface area contributed by atoms with Crippen LogP contribution in [0.1, 0.15) is 63.0 Å². The van der Waals surface area contributed by atoms with Crippen LogP contribution in [0, 0.1) is 0 Å². The molecule has 0 bridgehead atoms. The van der Waals surface area contributed by atoms with Gasteiger partial charge < -0.3 is 9.74 Å². The first-order chi connectivity index (χ1) is 14.3. The lowest BCUT2D eigenvalue weighted by molar-refractivity contribution is 0.108. The van der Waals surface area contributed by atoms with E-state index in [-0.39, 0.29) is 0 Å². The van der Waals surface area contributed by atoms with E-state index < -0.39 is 0 Å². The first-order valence-electron chi connectivity index (χ1n) is 11.3. The largest absolute Gasteiger partial charge is 0.396 e. The quantitative estimate of drug-likeness (QED) is 0.263. The van der Waals surface area contributed by atoms with E-state index in [0.29, 0.717) is 6.61 Å². The zero-order chi connectivity index (χ0) is 20.2. The molecule has 0 aliphatic carbocycles. The highest BCUT2D eigenvalue weighted by Gasteiger charge is 2.17. The molecule has 0 aromatic heterocycles. The summed E-state index contributed by atoms with van der Waals surface area (Å²) in [6, 6.07) is 21.9. The maximum Gasteiger partial charge on any atom is 0.118 e. The normalized spacial score (nSPS) is 18.0. The number of benzene rings is 2. The van der Waals surface area contributed by atoms with Crippen molar-refractivity contribution in [3.05, 3.63) is 71.8 Å². The number of hydrogen-bond acceptors (Lipinski definition) is 3. The van der Waals surface area contributed by atoms with Crippen LogP contribution >= 0.6 is 0 Å². The van der Waals surface area contributed by atoms with Crippen molar-refractivity contribution in [1.29, 1.82) is 0 Å². The number of nitrogens with zero attached hydrogens (tertiary/aromatic N) is 2. The van der Waals surface area contributed by atoms with Crippen LogP contribution in [-0.4, -0.2) is 36.3 Å². The summed E-state index contributed by atoms with van der Waals surface area (Å²) in [5, 5.41) is 4.54. The second-order valence-electron chi connectivity index (χ2n) is 8.16. The summed E-state index contributed by atoms with van der Waals surface area (Å²) in [6.07, 6.45) is 9.47. The fourth-order valence-corrected chi connectivity index (χ4v) is 4.09. The predicted molar refractivity (Wildman–Crippen MR) is 122 cm³/mol. The van der Waals surface area contributed by atoms with Crippen LogP contribution < -0.4 is 0 Å². The topological polar surface area (TPSA) is 24.8 Å². The van der Waals surface area contributed by atoms with Gasteiger partial charge in [0.1, 0.15) is 6.61 Å². The lowest BCUT2D eigenvalue weighted by Crippen LogP contribution is -2.38. The van der Waals surface area contributed by atoms with Crippen LogP contribution in [-0.2, 0) is 11.3 Å². The van der Waals surface area contributed by atoms with E-state index in [1.54, 1.807) is 0 Å². The van der Waals surface area contributed by atoms with Gasteiger partial charge >= 0.3 is 0 Å². The fourth-order valence-electron chi connectivity index (χ4n) is 4.09. The fraction of sp³-hybridized carbons (Fsp3) is 0.500. The van der Waals surface area contributed by atoms with Crippen LogP contribution in [0.5, 0.6) is 0 Å². The highest BCUT2D eigenvalue weighted by atomic mass is 16.6. The highest BCUT2D eigenvalue weighted by Crippen LogP contribution is 2.16. The molecule has 3 rings (SSSR count). The molecular formula is C26H36N2O. The Kier molecular flexibility index (Phi) is 9.25. The van der Waals surface area contributed by atoms with Gasteiger partial charge in [0, 0.05) is 12.6 Å². The monoisotopic (exact) mass is 392 g/mol. The highest BCUT2D eigenvalue weighted by molar-refractivity contribution is 6.00. The van der Waals surface area contributed by atoms with Crippen LogP contribution in [0.2, 0.25) is 0 Å². The van der Waals surface area contributed by atoms with Gasteiger partial charge in [0.25, 0.3) is 0 Å². The first kappa shape index (κ1) is 21.6. The molecule has 1 atom stereocenters. The Labute approximate surface area is 176 Å². The van der Waals surface area contributed by atoms with E-state index in [9.17, 15) is 0 Å². The molecule has 1 unspecified atom stereocenters. The predicted octanol–water partition coefficient (Wildman–Crippen LogP) is 6.08. The van der Waals surface area contributed by atoms with Crippen molar-refractivity contribution in [3.8, 4) is 0 Å². The Balaban J connectivity index is 1.43. The minimum atomic E-state index is 0.698. The molecule has 2 aromatic rings. The number of aryl methyl sites for hydroxylation is 1. The standard InChI is InChI=1S/C26H36N2O/c1-23-13-10-11-20-28(23)21-12-22-29-27-26(25-17-6-3-7-18-25)19-9-8-16-24-14-4-2-5-15-24/h2-7,14-15,17-18,23H,8-13,16,19-22H2,1H3. The van der Waals surface area contributed by atoms with E-state index in [1.807, 2.05) is 0 Å². The van der Waals surface area contributed by atoms with E-state index in [4.69, 9.17) is 4.84 Å². The zero-order valence-electron chi connectivity index (χ0n) is 17.9. The second kappa shape index (κ2) is 12.4. The molecule has 0 spiro atoms. The second-order valence-corrected chi connectivity index (χ2v) is 8.16. The van der Waals surface area contributed by atoms with Crippen LogP contribution in [0.25, 0.3) is 0 Å². The molecule has 1 heterocycles. The Morgan fingerprint density at radius 3 is 2.48 bits per heavy atom. The minimum Gasteiger partial charge on any atom is -0.396 e. The average molecular weight is 393 g/mol. The van der Waals surface area contributed by atoms with Crippen LogP contribution in [0.3, 0.4) is 0 Å². The third-order valence-corrected chi connectivity index (χ3v) is 5.88. The molecule has 29 heavy (non-hydrogen) atoms. The van der Waals surface area contributed by atoms with E-state index in [1.165, 1.54) is 43.4 Å². The summed E-state index contributed by atoms with van der Waals surface area (Å²) in [6.45, 7) is 5.40. The lowest BCUT2D eigenvalue weighted by atomic mass is 10.0. The molecule has 1 aliphatic heterocycles. The molecule has 0 radical (unpaired) electrons. The van der Waals surface area contributed by atoms with E-state index >= 15 is 0 Å². The third-order valence-electron chi connectivity index (χ3n) is 5.88. The molecule has 2 aromatic carbocycles. The minimum absolute atomic E-state index is 0.698. The van der Waals surface area contributed by atoms with Gasteiger partial charge in [-0.1, -0.05) is 72.2 Å². The summed E-state index contributed by atoms with van der Waals surface area (Å²) in [5.74, 6) is 0. The van der Waals surface area contributed by atoms with Gasteiger partial charge in [0.05, 0.1) is 5.71 Å². The van der Waals surface area contributed by atoms with Gasteiger partial charge in [-0.15, -0.1) is 0 Å². The summed E-state index contributed by atoms with van der Waals surface area (Å²) in [7, 11) is 0. The third kappa shape index (κ3) is 7.66. The molecule has 156 valence electrons. The number of unbranched alkanes of at least 4 members (excludes halogenated alkanes) is 1. The Hall–Kier alpha value is -2.13. The number of piperidine rings is 1. The van der Waals surface area contributed by atoms with Crippen molar-refractivity contribution in [2.45, 2.75) is 64.3 Å². The lowest BCUT2D eigenvalue weighted by Gasteiger charge is -2.33. The van der Waals surface area contributed by atoms with Crippen LogP contribution in [0.15, 0.2) is 65.8 Å². The summed E-state index contributed by atoms with van der Waals surface area (Å²) < 4.78 is 0. The molecule has 1 aliphatic rings. The van der Waals surface area contributed by atoms with Gasteiger partial charge in [-0.05, 0) is 69.5 Å². The number of likely N-dealkylation sites (tertiary alicyclic amines) is 1. The van der Waals surface area contributed by atoms with E-state index in [2.05, 4.69) is 77.6 Å². The zero-order valence-corrected chi connectivity index (χ0v) is 17.9. The van der Waals surface area contributed by atoms with Crippen molar-refractivity contribution in [2.24, 2.45) is 5.16 Å². The molecule has 3 heteroatoms. The molecular weight excluding hydrogens is 356 g/mol. The van der Waals surface area contributed by atoms with Gasteiger partial charge in [-0.25, -0.2) is 0 Å². The van der Waals surface area contributed by atoms with Crippen molar-refractivity contribution >= 4 is 5.71 Å². The van der Waals surface area contributed by atoms with Gasteiger partial charge in [0.15, 0.2) is 0 Å². The molecule has 1 fully saturated rings. The summed E-state index contributed by atoms with van der Waals surface area (Å²) in [5.41, 5.74) is 3.66. The maximum absolute atomic E-state index is 5.75. The van der Waals surface area contributed by atoms with Gasteiger partial charge in [0.2, 0.25) is 0 Å². The van der Waals surface area contributed by atoms with E-state index in [0.717, 1.165) is 44.0 Å². The van der Waals surface area contributed by atoms with Gasteiger partial charge in [-0.3, -0.25) is 0 Å². The molecule has 0 saturated carbocycles.